The molecule has 8 nitrogen and oxygen atoms in total. The normalized spacial score (nSPS) is 23.4. The molecule has 0 aliphatic carbocycles. The number of pyridine rings is 1. The SMILES string of the molecule is Cc1cc(C2=NC(O)ON2)cnc1CN1CCC(c2cccc3c2OC(C)(c2ccc(Cl)cc2F)O3)CC1. The summed E-state index contributed by atoms with van der Waals surface area (Å²) in [5.41, 5.74) is 6.84. The fourth-order valence-corrected chi connectivity index (χ4v) is 5.51. The number of rotatable bonds is 5. The molecule has 0 bridgehead atoms. The Hall–Kier alpha value is -3.24. The van der Waals surface area contributed by atoms with E-state index in [-0.39, 0.29) is 0 Å². The molecule has 10 heteroatoms. The third-order valence-corrected chi connectivity index (χ3v) is 7.63. The molecule has 1 aromatic heterocycles. The van der Waals surface area contributed by atoms with E-state index in [1.54, 1.807) is 25.3 Å². The van der Waals surface area contributed by atoms with E-state index in [0.717, 1.165) is 54.9 Å². The second kappa shape index (κ2) is 9.81. The number of aliphatic imine (C=N–C) groups is 1. The minimum atomic E-state index is -1.26. The monoisotopic (exact) mass is 538 g/mol. The van der Waals surface area contributed by atoms with Crippen LogP contribution >= 0.6 is 11.6 Å². The van der Waals surface area contributed by atoms with E-state index in [2.05, 4.69) is 26.4 Å². The number of aromatic nitrogens is 1. The number of halogens is 2. The first-order valence-electron chi connectivity index (χ1n) is 12.6. The standard InChI is InChI=1S/C28H28ClFN4O4/c1-16-12-18(26-32-27(35)38-33-26)14-31-23(16)15-34-10-8-17(9-11-34)20-4-3-5-24-25(20)37-28(2,36-24)21-7-6-19(29)13-22(21)30/h3-7,12-14,17,27,35H,8-11,15H2,1-2H3,(H,32,33). The first-order valence-corrected chi connectivity index (χ1v) is 13.0. The summed E-state index contributed by atoms with van der Waals surface area (Å²) in [5, 5.41) is 9.75. The zero-order valence-electron chi connectivity index (χ0n) is 21.1. The maximum atomic E-state index is 14.7. The maximum absolute atomic E-state index is 14.7. The molecule has 0 amide bonds. The molecular weight excluding hydrogens is 511 g/mol. The number of amidine groups is 1. The van der Waals surface area contributed by atoms with Crippen molar-refractivity contribution in [3.8, 4) is 11.5 Å². The molecule has 3 aliphatic rings. The number of para-hydroxylation sites is 1. The summed E-state index contributed by atoms with van der Waals surface area (Å²) in [6.07, 6.45) is 2.46. The lowest BCUT2D eigenvalue weighted by molar-refractivity contribution is -0.102. The zero-order chi connectivity index (χ0) is 26.4. The van der Waals surface area contributed by atoms with Crippen molar-refractivity contribution < 1.29 is 23.8 Å². The van der Waals surface area contributed by atoms with E-state index < -0.39 is 18.0 Å². The van der Waals surface area contributed by atoms with E-state index in [0.29, 0.717) is 33.8 Å². The molecule has 0 spiro atoms. The van der Waals surface area contributed by atoms with Gasteiger partial charge >= 0.3 is 0 Å². The number of hydroxylamine groups is 1. The summed E-state index contributed by atoms with van der Waals surface area (Å²) in [4.78, 5) is 15.9. The maximum Gasteiger partial charge on any atom is 0.280 e. The predicted octanol–water partition coefficient (Wildman–Crippen LogP) is 4.76. The molecule has 0 radical (unpaired) electrons. The molecule has 4 heterocycles. The van der Waals surface area contributed by atoms with Crippen LogP contribution in [0.3, 0.4) is 0 Å². The molecule has 0 saturated carbocycles. The molecule has 2 atom stereocenters. The molecule has 2 unspecified atom stereocenters. The molecule has 2 N–H and O–H groups in total. The van der Waals surface area contributed by atoms with Gasteiger partial charge in [-0.25, -0.2) is 19.7 Å². The van der Waals surface area contributed by atoms with Gasteiger partial charge in [0.15, 0.2) is 17.3 Å². The largest absolute Gasteiger partial charge is 0.444 e. The summed E-state index contributed by atoms with van der Waals surface area (Å²) >= 11 is 5.95. The Balaban J connectivity index is 1.12. The van der Waals surface area contributed by atoms with Gasteiger partial charge in [-0.05, 0) is 74.7 Å². The van der Waals surface area contributed by atoms with Crippen molar-refractivity contribution in [1.29, 1.82) is 0 Å². The molecule has 3 aliphatic heterocycles. The van der Waals surface area contributed by atoms with E-state index in [9.17, 15) is 9.50 Å². The molecule has 38 heavy (non-hydrogen) atoms. The van der Waals surface area contributed by atoms with Crippen LogP contribution < -0.4 is 15.0 Å². The quantitative estimate of drug-likeness (QED) is 0.484. The van der Waals surface area contributed by atoms with Crippen LogP contribution in [-0.4, -0.2) is 40.3 Å². The lowest BCUT2D eigenvalue weighted by Gasteiger charge is -2.32. The van der Waals surface area contributed by atoms with Gasteiger partial charge < -0.3 is 14.6 Å². The minimum Gasteiger partial charge on any atom is -0.444 e. The van der Waals surface area contributed by atoms with Crippen LogP contribution in [0, 0.1) is 12.7 Å². The van der Waals surface area contributed by atoms with Gasteiger partial charge in [0.05, 0.1) is 11.3 Å². The van der Waals surface area contributed by atoms with E-state index in [1.165, 1.54) is 6.07 Å². The average molecular weight is 539 g/mol. The highest BCUT2D eigenvalue weighted by Crippen LogP contribution is 2.49. The van der Waals surface area contributed by atoms with Gasteiger partial charge in [-0.3, -0.25) is 9.88 Å². The number of piperidine rings is 1. The Bertz CT molecular complexity index is 1410. The molecule has 1 fully saturated rings. The molecule has 198 valence electrons. The van der Waals surface area contributed by atoms with Gasteiger partial charge in [0.25, 0.3) is 12.2 Å². The molecule has 3 aromatic rings. The van der Waals surface area contributed by atoms with Crippen molar-refractivity contribution in [3.63, 3.8) is 0 Å². The van der Waals surface area contributed by atoms with Crippen LogP contribution in [0.2, 0.25) is 5.02 Å². The van der Waals surface area contributed by atoms with Gasteiger partial charge in [0.1, 0.15) is 5.82 Å². The predicted molar refractivity (Wildman–Crippen MR) is 139 cm³/mol. The number of likely N-dealkylation sites (tertiary alicyclic amines) is 1. The third kappa shape index (κ3) is 4.71. The number of aliphatic hydroxyl groups is 1. The highest BCUT2D eigenvalue weighted by Gasteiger charge is 2.43. The fourth-order valence-electron chi connectivity index (χ4n) is 5.35. The van der Waals surface area contributed by atoms with Crippen LogP contribution in [-0.2, 0) is 17.2 Å². The second-order valence-electron chi connectivity index (χ2n) is 10.0. The third-order valence-electron chi connectivity index (χ3n) is 7.39. The first kappa shape index (κ1) is 25.1. The van der Waals surface area contributed by atoms with Gasteiger partial charge in [0, 0.05) is 35.8 Å². The number of fused-ring (bicyclic) bond motifs is 1. The number of hydrogen-bond donors (Lipinski definition) is 2. The molecular formula is C28H28ClFN4O4. The number of benzene rings is 2. The number of nitrogens with one attached hydrogen (secondary N) is 1. The molecule has 2 aromatic carbocycles. The van der Waals surface area contributed by atoms with Crippen molar-refractivity contribution in [2.24, 2.45) is 4.99 Å². The number of aliphatic hydroxyl groups excluding tert-OH is 1. The minimum absolute atomic E-state index is 0.302. The van der Waals surface area contributed by atoms with Crippen molar-refractivity contribution >= 4 is 17.4 Å². The Morgan fingerprint density at radius 3 is 2.71 bits per heavy atom. The topological polar surface area (TPSA) is 88.4 Å². The number of hydrogen-bond acceptors (Lipinski definition) is 8. The van der Waals surface area contributed by atoms with E-state index in [4.69, 9.17) is 25.9 Å². The summed E-state index contributed by atoms with van der Waals surface area (Å²) < 4.78 is 27.2. The van der Waals surface area contributed by atoms with Crippen LogP contribution in [0.15, 0.2) is 53.7 Å². The van der Waals surface area contributed by atoms with Crippen molar-refractivity contribution in [3.05, 3.63) is 87.4 Å². The van der Waals surface area contributed by atoms with Crippen LogP contribution in [0.25, 0.3) is 0 Å². The lowest BCUT2D eigenvalue weighted by atomic mass is 9.88. The Morgan fingerprint density at radius 1 is 1.18 bits per heavy atom. The summed E-state index contributed by atoms with van der Waals surface area (Å²) in [5.74, 6) is 0.369. The Kier molecular flexibility index (Phi) is 6.47. The highest BCUT2D eigenvalue weighted by atomic mass is 35.5. The Labute approximate surface area is 225 Å². The van der Waals surface area contributed by atoms with Crippen LogP contribution in [0.4, 0.5) is 4.39 Å². The lowest BCUT2D eigenvalue weighted by Crippen LogP contribution is -2.34. The number of ether oxygens (including phenoxy) is 2. The van der Waals surface area contributed by atoms with Gasteiger partial charge in [0.2, 0.25) is 0 Å². The summed E-state index contributed by atoms with van der Waals surface area (Å²) in [6.45, 7) is 6.33. The zero-order valence-corrected chi connectivity index (χ0v) is 21.8. The van der Waals surface area contributed by atoms with Crippen molar-refractivity contribution in [2.75, 3.05) is 13.1 Å². The summed E-state index contributed by atoms with van der Waals surface area (Å²) in [6, 6.07) is 12.4. The highest BCUT2D eigenvalue weighted by molar-refractivity contribution is 6.30. The van der Waals surface area contributed by atoms with E-state index in [1.807, 2.05) is 25.1 Å². The molecule has 1 saturated heterocycles. The number of aryl methyl sites for hydroxylation is 1. The van der Waals surface area contributed by atoms with Crippen LogP contribution in [0.5, 0.6) is 11.5 Å². The van der Waals surface area contributed by atoms with Gasteiger partial charge in [-0.2, -0.15) is 0 Å². The van der Waals surface area contributed by atoms with E-state index >= 15 is 0 Å². The summed E-state index contributed by atoms with van der Waals surface area (Å²) in [7, 11) is 0. The number of nitrogens with zero attached hydrogens (tertiary/aromatic N) is 3. The van der Waals surface area contributed by atoms with Gasteiger partial charge in [-0.1, -0.05) is 23.7 Å². The smallest absolute Gasteiger partial charge is 0.280 e. The average Bonchev–Trinajstić information content (AvgIpc) is 3.48. The van der Waals surface area contributed by atoms with Crippen molar-refractivity contribution in [1.82, 2.24) is 15.4 Å². The fraction of sp³-hybridized carbons (Fsp3) is 0.357. The van der Waals surface area contributed by atoms with Crippen LogP contribution in [0.1, 0.15) is 53.6 Å². The van der Waals surface area contributed by atoms with Crippen molar-refractivity contribution in [2.45, 2.75) is 51.4 Å². The second-order valence-corrected chi connectivity index (χ2v) is 10.4. The Morgan fingerprint density at radius 2 is 2.00 bits per heavy atom. The first-order chi connectivity index (χ1) is 18.3. The molecule has 6 rings (SSSR count). The van der Waals surface area contributed by atoms with Gasteiger partial charge in [-0.15, -0.1) is 0 Å².